The molecule has 0 aromatic heterocycles. The van der Waals surface area contributed by atoms with Gasteiger partial charge in [-0.2, -0.15) is 0 Å². The van der Waals surface area contributed by atoms with Crippen LogP contribution in [0.5, 0.6) is 5.75 Å². The van der Waals surface area contributed by atoms with Crippen LogP contribution < -0.4 is 10.1 Å². The Morgan fingerprint density at radius 1 is 1.08 bits per heavy atom. The molecule has 1 spiro atoms. The molecule has 0 unspecified atom stereocenters. The van der Waals surface area contributed by atoms with Gasteiger partial charge >= 0.3 is 0 Å². The summed E-state index contributed by atoms with van der Waals surface area (Å²) in [5, 5.41) is 3.58. The van der Waals surface area contributed by atoms with E-state index in [0.717, 1.165) is 0 Å². The molecule has 0 bridgehead atoms. The normalized spacial score (nSPS) is 18.3. The Morgan fingerprint density at radius 2 is 1.76 bits per heavy atom. The maximum absolute atomic E-state index is 12.6. The first-order valence-corrected chi connectivity index (χ1v) is 8.60. The average molecular weight is 357 g/mol. The molecule has 2 aliphatic heterocycles. The number of ether oxygens (including phenoxy) is 1. The highest BCUT2D eigenvalue weighted by atomic mass is 35.5. The molecule has 128 valence electrons. The molecule has 0 atom stereocenters. The van der Waals surface area contributed by atoms with Crippen LogP contribution in [0.1, 0.15) is 33.6 Å². The van der Waals surface area contributed by atoms with Gasteiger partial charge in [-0.25, -0.2) is 0 Å². The third-order valence-electron chi connectivity index (χ3n) is 4.73. The van der Waals surface area contributed by atoms with Crippen molar-refractivity contribution in [3.8, 4) is 5.75 Å². The number of piperidine rings is 1. The smallest absolute Gasteiger partial charge is 0.258 e. The highest BCUT2D eigenvalue weighted by molar-refractivity contribution is 6.30. The first-order chi connectivity index (χ1) is 12.1. The maximum Gasteiger partial charge on any atom is 0.258 e. The lowest BCUT2D eigenvalue weighted by Gasteiger charge is -2.44. The van der Waals surface area contributed by atoms with E-state index in [1.54, 1.807) is 41.3 Å². The van der Waals surface area contributed by atoms with Gasteiger partial charge in [0.15, 0.2) is 5.72 Å². The van der Waals surface area contributed by atoms with E-state index in [-0.39, 0.29) is 11.8 Å². The quantitative estimate of drug-likeness (QED) is 0.854. The third-order valence-corrected chi connectivity index (χ3v) is 4.98. The standard InChI is InChI=1S/C19H17ClN2O3/c20-14-7-5-13(6-8-14)18(24)22-11-9-19(10-12-22)21-17(23)15-3-1-2-4-16(15)25-19/h1-8H,9-12H2,(H,21,23). The second kappa shape index (κ2) is 6.08. The predicted molar refractivity (Wildman–Crippen MR) is 93.9 cm³/mol. The molecule has 1 fully saturated rings. The molecule has 2 heterocycles. The van der Waals surface area contributed by atoms with E-state index in [2.05, 4.69) is 5.32 Å². The molecule has 2 amide bonds. The number of nitrogens with one attached hydrogen (secondary N) is 1. The number of nitrogens with zero attached hydrogens (tertiary/aromatic N) is 1. The summed E-state index contributed by atoms with van der Waals surface area (Å²) in [5.74, 6) is 0.442. The highest BCUT2D eigenvalue weighted by Crippen LogP contribution is 2.33. The SMILES string of the molecule is O=C1NC2(CCN(C(=O)c3ccc(Cl)cc3)CC2)Oc2ccccc21. The summed E-state index contributed by atoms with van der Waals surface area (Å²) in [6, 6.07) is 14.1. The number of likely N-dealkylation sites (tertiary alicyclic amines) is 1. The van der Waals surface area contributed by atoms with Crippen LogP contribution in [0.25, 0.3) is 0 Å². The van der Waals surface area contributed by atoms with Gasteiger partial charge in [-0.15, -0.1) is 0 Å². The van der Waals surface area contributed by atoms with Crippen LogP contribution in [0.4, 0.5) is 0 Å². The summed E-state index contributed by atoms with van der Waals surface area (Å²) in [5.41, 5.74) is 0.425. The Morgan fingerprint density at radius 3 is 2.48 bits per heavy atom. The molecular weight excluding hydrogens is 340 g/mol. The molecular formula is C19H17ClN2O3. The van der Waals surface area contributed by atoms with Crippen molar-refractivity contribution >= 4 is 23.4 Å². The monoisotopic (exact) mass is 356 g/mol. The number of rotatable bonds is 1. The van der Waals surface area contributed by atoms with Crippen LogP contribution in [0, 0.1) is 0 Å². The number of hydrogen-bond acceptors (Lipinski definition) is 3. The minimum atomic E-state index is -0.734. The molecule has 2 aromatic rings. The Bertz CT molecular complexity index is 827. The van der Waals surface area contributed by atoms with Crippen molar-refractivity contribution in [3.05, 3.63) is 64.7 Å². The van der Waals surface area contributed by atoms with Gasteiger partial charge < -0.3 is 15.0 Å². The van der Waals surface area contributed by atoms with Crippen molar-refractivity contribution in [2.24, 2.45) is 0 Å². The zero-order chi connectivity index (χ0) is 17.4. The number of benzene rings is 2. The second-order valence-electron chi connectivity index (χ2n) is 6.35. The van der Waals surface area contributed by atoms with Gasteiger partial charge in [-0.05, 0) is 36.4 Å². The Hall–Kier alpha value is -2.53. The van der Waals surface area contributed by atoms with E-state index in [1.165, 1.54) is 0 Å². The molecule has 1 N–H and O–H groups in total. The van der Waals surface area contributed by atoms with Gasteiger partial charge in [0.1, 0.15) is 5.75 Å². The molecule has 4 rings (SSSR count). The summed E-state index contributed by atoms with van der Waals surface area (Å²) < 4.78 is 6.09. The van der Waals surface area contributed by atoms with Crippen molar-refractivity contribution in [2.75, 3.05) is 13.1 Å². The second-order valence-corrected chi connectivity index (χ2v) is 6.78. The van der Waals surface area contributed by atoms with E-state index in [4.69, 9.17) is 16.3 Å². The van der Waals surface area contributed by atoms with Crippen LogP contribution in [0.3, 0.4) is 0 Å². The molecule has 25 heavy (non-hydrogen) atoms. The van der Waals surface area contributed by atoms with E-state index < -0.39 is 5.72 Å². The van der Waals surface area contributed by atoms with Gasteiger partial charge in [0.2, 0.25) is 0 Å². The first-order valence-electron chi connectivity index (χ1n) is 8.22. The van der Waals surface area contributed by atoms with Crippen molar-refractivity contribution in [1.29, 1.82) is 0 Å². The zero-order valence-corrected chi connectivity index (χ0v) is 14.3. The van der Waals surface area contributed by atoms with Gasteiger partial charge in [0.05, 0.1) is 5.56 Å². The van der Waals surface area contributed by atoms with E-state index in [1.807, 2.05) is 12.1 Å². The minimum absolute atomic E-state index is 0.0333. The summed E-state index contributed by atoms with van der Waals surface area (Å²) in [6.45, 7) is 1.04. The van der Waals surface area contributed by atoms with Crippen molar-refractivity contribution < 1.29 is 14.3 Å². The molecule has 0 aliphatic carbocycles. The minimum Gasteiger partial charge on any atom is -0.467 e. The van der Waals surface area contributed by atoms with Gasteiger partial charge in [-0.1, -0.05) is 23.7 Å². The lowest BCUT2D eigenvalue weighted by molar-refractivity contribution is -0.0245. The first kappa shape index (κ1) is 16.0. The van der Waals surface area contributed by atoms with Crippen LogP contribution in [-0.2, 0) is 0 Å². The number of para-hydroxylation sites is 1. The molecule has 0 saturated carbocycles. The molecule has 5 nitrogen and oxygen atoms in total. The van der Waals surface area contributed by atoms with Crippen LogP contribution in [0.15, 0.2) is 48.5 Å². The number of carbonyl (C=O) groups is 2. The van der Waals surface area contributed by atoms with Crippen molar-refractivity contribution in [3.63, 3.8) is 0 Å². The summed E-state index contributed by atoms with van der Waals surface area (Å²) in [6.07, 6.45) is 1.10. The molecule has 2 aliphatic rings. The molecule has 1 saturated heterocycles. The van der Waals surface area contributed by atoms with Crippen LogP contribution in [-0.4, -0.2) is 35.5 Å². The maximum atomic E-state index is 12.6. The number of carbonyl (C=O) groups excluding carboxylic acids is 2. The van der Waals surface area contributed by atoms with Gasteiger partial charge in [-0.3, -0.25) is 9.59 Å². The van der Waals surface area contributed by atoms with E-state index in [9.17, 15) is 9.59 Å². The predicted octanol–water partition coefficient (Wildman–Crippen LogP) is 3.09. The Kier molecular flexibility index (Phi) is 3.88. The Balaban J connectivity index is 1.47. The largest absolute Gasteiger partial charge is 0.467 e. The van der Waals surface area contributed by atoms with Crippen molar-refractivity contribution in [1.82, 2.24) is 10.2 Å². The fourth-order valence-electron chi connectivity index (χ4n) is 3.33. The van der Waals surface area contributed by atoms with Crippen LogP contribution >= 0.6 is 11.6 Å². The molecule has 0 radical (unpaired) electrons. The third kappa shape index (κ3) is 2.96. The topological polar surface area (TPSA) is 58.6 Å². The number of hydrogen-bond donors (Lipinski definition) is 1. The van der Waals surface area contributed by atoms with Crippen LogP contribution in [0.2, 0.25) is 5.02 Å². The number of amides is 2. The fourth-order valence-corrected chi connectivity index (χ4v) is 3.45. The highest BCUT2D eigenvalue weighted by Gasteiger charge is 2.43. The summed E-state index contributed by atoms with van der Waals surface area (Å²) in [4.78, 5) is 26.7. The number of halogens is 1. The lowest BCUT2D eigenvalue weighted by atomic mass is 9.96. The fraction of sp³-hybridized carbons (Fsp3) is 0.263. The van der Waals surface area contributed by atoms with Gasteiger partial charge in [0, 0.05) is 36.5 Å². The molecule has 2 aromatic carbocycles. The Labute approximate surface area is 150 Å². The zero-order valence-electron chi connectivity index (χ0n) is 13.5. The average Bonchev–Trinajstić information content (AvgIpc) is 2.62. The number of fused-ring (bicyclic) bond motifs is 1. The molecule has 6 heteroatoms. The van der Waals surface area contributed by atoms with E-state index in [0.29, 0.717) is 47.8 Å². The lowest BCUT2D eigenvalue weighted by Crippen LogP contribution is -2.61. The summed E-state index contributed by atoms with van der Waals surface area (Å²) in [7, 11) is 0. The van der Waals surface area contributed by atoms with Gasteiger partial charge in [0.25, 0.3) is 11.8 Å². The van der Waals surface area contributed by atoms with E-state index >= 15 is 0 Å². The van der Waals surface area contributed by atoms with Crippen molar-refractivity contribution in [2.45, 2.75) is 18.6 Å². The summed E-state index contributed by atoms with van der Waals surface area (Å²) >= 11 is 5.87.